The summed E-state index contributed by atoms with van der Waals surface area (Å²) >= 11 is 24.5. The van der Waals surface area contributed by atoms with Crippen molar-refractivity contribution in [2.75, 3.05) is 97.7 Å². The highest BCUT2D eigenvalue weighted by Gasteiger charge is 2.29. The lowest BCUT2D eigenvalue weighted by Gasteiger charge is -2.32. The van der Waals surface area contributed by atoms with Crippen LogP contribution in [0.15, 0.2) is 82.5 Å². The Hall–Kier alpha value is -4.70. The second-order valence-electron chi connectivity index (χ2n) is 15.5. The molecule has 2 aromatic heterocycles. The van der Waals surface area contributed by atoms with Crippen LogP contribution in [0.5, 0.6) is 0 Å². The average Bonchev–Trinajstić information content (AvgIpc) is 3.75. The van der Waals surface area contributed by atoms with Gasteiger partial charge < -0.3 is 45.1 Å². The predicted octanol–water partition coefficient (Wildman–Crippen LogP) is 7.53. The number of halogens is 5. The average molecular weight is 1120 g/mol. The molecule has 0 spiro atoms. The minimum absolute atomic E-state index is 0.00602. The minimum atomic E-state index is -0.979. The maximum absolute atomic E-state index is 12.9. The van der Waals surface area contributed by atoms with Crippen molar-refractivity contribution in [3.63, 3.8) is 0 Å². The van der Waals surface area contributed by atoms with Gasteiger partial charge in [-0.15, -0.1) is 0 Å². The minimum Gasteiger partial charge on any atom is -0.478 e. The zero-order chi connectivity index (χ0) is 48.7. The lowest BCUT2D eigenvalue weighted by atomic mass is 10.1. The number of ether oxygens (including phenoxy) is 3. The van der Waals surface area contributed by atoms with Crippen LogP contribution in [0.2, 0.25) is 15.1 Å². The topological polar surface area (TPSA) is 208 Å². The number of benzene rings is 3. The Morgan fingerprint density at radius 1 is 0.765 bits per heavy atom. The first-order valence-corrected chi connectivity index (χ1v) is 24.3. The van der Waals surface area contributed by atoms with Crippen LogP contribution >= 0.6 is 66.7 Å². The molecule has 4 N–H and O–H groups in total. The number of hydrogen-bond donors (Lipinski definition) is 3. The van der Waals surface area contributed by atoms with Crippen molar-refractivity contribution < 1.29 is 38.5 Å². The number of aromatic carboxylic acids is 1. The van der Waals surface area contributed by atoms with Crippen LogP contribution in [-0.4, -0.2) is 155 Å². The summed E-state index contributed by atoms with van der Waals surface area (Å²) in [7, 11) is 0. The van der Waals surface area contributed by atoms with Crippen molar-refractivity contribution in [1.82, 2.24) is 39.8 Å². The van der Waals surface area contributed by atoms with E-state index in [1.54, 1.807) is 51.1 Å². The summed E-state index contributed by atoms with van der Waals surface area (Å²) < 4.78 is 18.9. The summed E-state index contributed by atoms with van der Waals surface area (Å²) in [5.74, 6) is -0.902. The van der Waals surface area contributed by atoms with Gasteiger partial charge in [-0.3, -0.25) is 14.4 Å². The number of nitrogens with one attached hydrogen (secondary N) is 1. The molecule has 3 amide bonds. The number of rotatable bonds is 6. The van der Waals surface area contributed by atoms with E-state index in [-0.39, 0.29) is 29.3 Å². The summed E-state index contributed by atoms with van der Waals surface area (Å²) in [6.07, 6.45) is 4.42. The largest absolute Gasteiger partial charge is 0.478 e. The van der Waals surface area contributed by atoms with E-state index in [9.17, 15) is 19.2 Å². The third kappa shape index (κ3) is 14.4. The predicted molar refractivity (Wildman–Crippen MR) is 268 cm³/mol. The fourth-order valence-corrected chi connectivity index (χ4v) is 9.51. The van der Waals surface area contributed by atoms with Gasteiger partial charge in [0.1, 0.15) is 17.8 Å². The Bertz CT molecular complexity index is 2540. The zero-order valence-corrected chi connectivity index (χ0v) is 42.3. The molecule has 4 aliphatic heterocycles. The molecule has 9 rings (SSSR count). The second-order valence-corrected chi connectivity index (χ2v) is 18.6. The Morgan fingerprint density at radius 3 is 1.90 bits per heavy atom. The number of carboxylic acids is 1. The van der Waals surface area contributed by atoms with E-state index in [0.29, 0.717) is 124 Å². The van der Waals surface area contributed by atoms with Crippen molar-refractivity contribution in [2.45, 2.75) is 18.9 Å². The molecule has 5 aromatic rings. The standard InChI is InChI=1S/C24H26ClN7O3.C11H11BrClNO2.C7H4BrClO2.C4H9NO/c1-2-19(33)31-7-3-4-16(13-31)32-23-20(22(26)27-14-28-23)21(29-32)15-5-6-17(18(25)12-15)24(34)30-8-10-35-11-9-30;12-9-5-8(6-10(13)7-9)11(15)14-1-3-16-4-2-14;8-5-1-4(7(10)11)2-6(9)3-5;1-3-6-4-2-5-1/h2,5-6,12,14,16H,1,3-4,7-11,13H2,(H2,26,27,28);5-7H,1-4H2;1-3H,(H,10,11);5H,1-4H2/t16-;;;/m1.../s1. The van der Waals surface area contributed by atoms with E-state index in [1.807, 2.05) is 10.7 Å². The Labute approximate surface area is 425 Å². The van der Waals surface area contributed by atoms with Crippen molar-refractivity contribution >= 4 is 107 Å². The molecule has 4 fully saturated rings. The molecule has 0 saturated carbocycles. The number of amides is 3. The number of hydrogen-bond acceptors (Lipinski definition) is 12. The number of nitrogens with two attached hydrogens (primary N) is 1. The quantitative estimate of drug-likeness (QED) is 0.141. The van der Waals surface area contributed by atoms with Gasteiger partial charge in [0.25, 0.3) is 11.8 Å². The molecular formula is C46H50Br2Cl3N9O8. The molecule has 3 aromatic carbocycles. The molecule has 362 valence electrons. The van der Waals surface area contributed by atoms with Gasteiger partial charge in [0.15, 0.2) is 5.65 Å². The molecular weight excluding hydrogens is 1070 g/mol. The first-order valence-electron chi connectivity index (χ1n) is 21.6. The summed E-state index contributed by atoms with van der Waals surface area (Å²) in [5, 5.41) is 18.5. The summed E-state index contributed by atoms with van der Waals surface area (Å²) in [4.78, 5) is 61.6. The van der Waals surface area contributed by atoms with Gasteiger partial charge in [0, 0.05) is 82.5 Å². The zero-order valence-electron chi connectivity index (χ0n) is 36.9. The van der Waals surface area contributed by atoms with E-state index < -0.39 is 5.97 Å². The number of nitrogens with zero attached hydrogens (tertiary/aromatic N) is 7. The highest BCUT2D eigenvalue weighted by Crippen LogP contribution is 2.36. The fraction of sp³-hybridized carbons (Fsp3) is 0.370. The summed E-state index contributed by atoms with van der Waals surface area (Å²) in [6, 6.07) is 14.9. The molecule has 17 nitrogen and oxygen atoms in total. The number of carbonyl (C=O) groups is 4. The second kappa shape index (κ2) is 25.8. The number of anilines is 1. The Kier molecular flexibility index (Phi) is 20.0. The maximum atomic E-state index is 12.9. The molecule has 68 heavy (non-hydrogen) atoms. The van der Waals surface area contributed by atoms with Crippen LogP contribution in [0.25, 0.3) is 22.3 Å². The molecule has 0 aliphatic carbocycles. The number of aromatic nitrogens is 4. The summed E-state index contributed by atoms with van der Waals surface area (Å²) in [6.45, 7) is 13.2. The monoisotopic (exact) mass is 1120 g/mol. The summed E-state index contributed by atoms with van der Waals surface area (Å²) in [5.41, 5.74) is 9.36. The van der Waals surface area contributed by atoms with Gasteiger partial charge in [-0.05, 0) is 67.4 Å². The smallest absolute Gasteiger partial charge is 0.335 e. The highest BCUT2D eigenvalue weighted by molar-refractivity contribution is 9.10. The Morgan fingerprint density at radius 2 is 1.35 bits per heavy atom. The first-order chi connectivity index (χ1) is 32.7. The fourth-order valence-electron chi connectivity index (χ4n) is 7.53. The van der Waals surface area contributed by atoms with E-state index in [4.69, 9.17) is 65.0 Å². The van der Waals surface area contributed by atoms with Gasteiger partial charge in [0.05, 0.1) is 67.2 Å². The van der Waals surface area contributed by atoms with Crippen molar-refractivity contribution in [3.05, 3.63) is 114 Å². The van der Waals surface area contributed by atoms with E-state index in [2.05, 4.69) is 53.7 Å². The Balaban J connectivity index is 0.000000188. The van der Waals surface area contributed by atoms with Crippen molar-refractivity contribution in [1.29, 1.82) is 0 Å². The number of carbonyl (C=O) groups excluding carboxylic acids is 3. The number of carboxylic acid groups (broad SMARTS) is 1. The molecule has 4 aliphatic rings. The molecule has 0 radical (unpaired) electrons. The maximum Gasteiger partial charge on any atom is 0.335 e. The number of piperidine rings is 1. The van der Waals surface area contributed by atoms with Crippen LogP contribution in [0, 0.1) is 0 Å². The van der Waals surface area contributed by atoms with Gasteiger partial charge in [-0.2, -0.15) is 5.10 Å². The number of morpholine rings is 3. The van der Waals surface area contributed by atoms with Crippen LogP contribution in [0.1, 0.15) is 50.0 Å². The van der Waals surface area contributed by atoms with Crippen LogP contribution in [0.4, 0.5) is 5.82 Å². The third-order valence-electron chi connectivity index (χ3n) is 10.9. The van der Waals surface area contributed by atoms with E-state index in [1.165, 1.54) is 24.5 Å². The van der Waals surface area contributed by atoms with Gasteiger partial charge >= 0.3 is 5.97 Å². The van der Waals surface area contributed by atoms with E-state index >= 15 is 0 Å². The van der Waals surface area contributed by atoms with Crippen LogP contribution in [-0.2, 0) is 19.0 Å². The first kappa shape index (κ1) is 52.7. The molecule has 0 unspecified atom stereocenters. The van der Waals surface area contributed by atoms with Crippen molar-refractivity contribution in [3.8, 4) is 11.3 Å². The van der Waals surface area contributed by atoms with Crippen LogP contribution < -0.4 is 11.1 Å². The third-order valence-corrected chi connectivity index (χ3v) is 12.5. The van der Waals surface area contributed by atoms with Crippen molar-refractivity contribution in [2.24, 2.45) is 0 Å². The molecule has 6 heterocycles. The molecule has 1 atom stereocenters. The van der Waals surface area contributed by atoms with Gasteiger partial charge in [-0.1, -0.05) is 79.3 Å². The van der Waals surface area contributed by atoms with E-state index in [0.717, 1.165) is 43.6 Å². The molecule has 0 bridgehead atoms. The van der Waals surface area contributed by atoms with Crippen LogP contribution in [0.3, 0.4) is 0 Å². The SMILES string of the molecule is C1COCCN1.C=CC(=O)N1CCC[C@@H](n2nc(-c3ccc(C(=O)N4CCOCC4)c(Cl)c3)c3c(N)ncnc32)C1.O=C(O)c1cc(Cl)cc(Br)c1.O=C(c1cc(Cl)cc(Br)c1)N1CCOCC1. The number of likely N-dealkylation sites (tertiary alicyclic amines) is 1. The molecule has 4 saturated heterocycles. The van der Waals surface area contributed by atoms with Gasteiger partial charge in [0.2, 0.25) is 5.91 Å². The van der Waals surface area contributed by atoms with Gasteiger partial charge in [-0.25, -0.2) is 19.4 Å². The number of nitrogen functional groups attached to an aromatic ring is 1. The lowest BCUT2D eigenvalue weighted by Crippen LogP contribution is -2.40. The number of fused-ring (bicyclic) bond motifs is 1. The normalized spacial score (nSPS) is 17.1. The molecule has 22 heteroatoms. The highest BCUT2D eigenvalue weighted by atomic mass is 79.9. The lowest BCUT2D eigenvalue weighted by molar-refractivity contribution is -0.127.